The second kappa shape index (κ2) is 8.30. The zero-order chi connectivity index (χ0) is 25.3. The van der Waals surface area contributed by atoms with Crippen LogP contribution in [0.25, 0.3) is 33.6 Å². The van der Waals surface area contributed by atoms with E-state index in [9.17, 15) is 4.79 Å². The van der Waals surface area contributed by atoms with Crippen LogP contribution in [-0.4, -0.2) is 55.6 Å². The smallest absolute Gasteiger partial charge is 0.254 e. The number of hydrogen-bond acceptors (Lipinski definition) is 5. The van der Waals surface area contributed by atoms with Gasteiger partial charge in [0, 0.05) is 44.0 Å². The number of pyridine rings is 1. The van der Waals surface area contributed by atoms with Crippen LogP contribution in [0.5, 0.6) is 5.75 Å². The largest absolute Gasteiger partial charge is 0.494 e. The van der Waals surface area contributed by atoms with Crippen molar-refractivity contribution in [1.82, 2.24) is 24.0 Å². The molecule has 1 saturated carbocycles. The SMILES string of the molecule is COc1cc(C(=O)N2CC(C)C(N)C2C)cc2nc(-c3c(F)c4cccnc4n3CC3CC3)n(C)c12. The first-order chi connectivity index (χ1) is 17.3. The summed E-state index contributed by atoms with van der Waals surface area (Å²) in [5.74, 6) is 1.31. The molecule has 2 N–H and O–H groups in total. The molecule has 3 atom stereocenters. The van der Waals surface area contributed by atoms with E-state index < -0.39 is 0 Å². The lowest BCUT2D eigenvalue weighted by atomic mass is 10.0. The second-order valence-corrected chi connectivity index (χ2v) is 10.4. The Morgan fingerprint density at radius 3 is 2.72 bits per heavy atom. The molecule has 2 fully saturated rings. The van der Waals surface area contributed by atoms with Crippen LogP contribution in [0.15, 0.2) is 30.5 Å². The Morgan fingerprint density at radius 2 is 2.06 bits per heavy atom. The van der Waals surface area contributed by atoms with Crippen LogP contribution in [0.4, 0.5) is 4.39 Å². The lowest BCUT2D eigenvalue weighted by Crippen LogP contribution is -2.40. The summed E-state index contributed by atoms with van der Waals surface area (Å²) >= 11 is 0. The predicted molar refractivity (Wildman–Crippen MR) is 136 cm³/mol. The molecule has 3 unspecified atom stereocenters. The summed E-state index contributed by atoms with van der Waals surface area (Å²) in [7, 11) is 3.42. The Kier molecular flexibility index (Phi) is 5.29. The normalized spacial score (nSPS) is 22.2. The molecule has 4 aromatic rings. The molecule has 0 radical (unpaired) electrons. The van der Waals surface area contributed by atoms with E-state index in [0.29, 0.717) is 63.9 Å². The number of nitrogens with two attached hydrogens (primary N) is 1. The van der Waals surface area contributed by atoms with Crippen LogP contribution < -0.4 is 10.5 Å². The number of halogens is 1. The molecule has 0 spiro atoms. The summed E-state index contributed by atoms with van der Waals surface area (Å²) in [6, 6.07) is 6.90. The topological polar surface area (TPSA) is 91.2 Å². The number of methoxy groups -OCH3 is 1. The first-order valence-electron chi connectivity index (χ1n) is 12.5. The summed E-state index contributed by atoms with van der Waals surface area (Å²) in [6.45, 7) is 5.35. The van der Waals surface area contributed by atoms with Crippen LogP contribution in [0, 0.1) is 17.7 Å². The molecule has 0 bridgehead atoms. The van der Waals surface area contributed by atoms with Crippen LogP contribution in [0.2, 0.25) is 0 Å². The van der Waals surface area contributed by atoms with Gasteiger partial charge in [-0.1, -0.05) is 6.92 Å². The molecule has 9 heteroatoms. The van der Waals surface area contributed by atoms with Gasteiger partial charge in [-0.3, -0.25) is 4.79 Å². The van der Waals surface area contributed by atoms with Crippen molar-refractivity contribution in [2.24, 2.45) is 24.6 Å². The zero-order valence-corrected chi connectivity index (χ0v) is 21.0. The third-order valence-corrected chi connectivity index (χ3v) is 7.96. The minimum atomic E-state index is -0.332. The van der Waals surface area contributed by atoms with E-state index >= 15 is 4.39 Å². The quantitative estimate of drug-likeness (QED) is 0.457. The van der Waals surface area contributed by atoms with Crippen molar-refractivity contribution < 1.29 is 13.9 Å². The van der Waals surface area contributed by atoms with Gasteiger partial charge in [-0.25, -0.2) is 14.4 Å². The lowest BCUT2D eigenvalue weighted by Gasteiger charge is -2.23. The van der Waals surface area contributed by atoms with Crippen LogP contribution in [-0.2, 0) is 13.6 Å². The van der Waals surface area contributed by atoms with Crippen LogP contribution in [0.3, 0.4) is 0 Å². The fourth-order valence-corrected chi connectivity index (χ4v) is 5.61. The molecular formula is C27H31FN6O2. The molecule has 3 aromatic heterocycles. The molecule has 188 valence electrons. The third kappa shape index (κ3) is 3.40. The molecule has 1 amide bonds. The summed E-state index contributed by atoms with van der Waals surface area (Å²) < 4.78 is 25.4. The predicted octanol–water partition coefficient (Wildman–Crippen LogP) is 3.96. The number of likely N-dealkylation sites (tertiary alicyclic amines) is 1. The van der Waals surface area contributed by atoms with E-state index in [4.69, 9.17) is 15.5 Å². The van der Waals surface area contributed by atoms with Gasteiger partial charge >= 0.3 is 0 Å². The molecule has 1 aliphatic carbocycles. The minimum Gasteiger partial charge on any atom is -0.494 e. The zero-order valence-electron chi connectivity index (χ0n) is 21.0. The molecule has 8 nitrogen and oxygen atoms in total. The van der Waals surface area contributed by atoms with E-state index in [1.807, 2.05) is 28.0 Å². The summed E-state index contributed by atoms with van der Waals surface area (Å²) in [5.41, 5.74) is 9.09. The maximum absolute atomic E-state index is 15.8. The summed E-state index contributed by atoms with van der Waals surface area (Å²) in [4.78, 5) is 24.6. The lowest BCUT2D eigenvalue weighted by molar-refractivity contribution is 0.0739. The number of aromatic nitrogens is 4. The van der Waals surface area contributed by atoms with Gasteiger partial charge in [0.05, 0.1) is 18.0 Å². The molecule has 1 aromatic carbocycles. The van der Waals surface area contributed by atoms with Gasteiger partial charge in [-0.15, -0.1) is 0 Å². The fourth-order valence-electron chi connectivity index (χ4n) is 5.61. The van der Waals surface area contributed by atoms with Crippen molar-refractivity contribution in [3.8, 4) is 17.3 Å². The molecule has 1 saturated heterocycles. The number of imidazole rings is 1. The van der Waals surface area contributed by atoms with Gasteiger partial charge in [0.1, 0.15) is 22.6 Å². The second-order valence-electron chi connectivity index (χ2n) is 10.4. The van der Waals surface area contributed by atoms with Gasteiger partial charge in [-0.2, -0.15) is 0 Å². The van der Waals surface area contributed by atoms with Crippen molar-refractivity contribution in [2.45, 2.75) is 45.3 Å². The first-order valence-corrected chi connectivity index (χ1v) is 12.5. The third-order valence-electron chi connectivity index (χ3n) is 7.96. The monoisotopic (exact) mass is 490 g/mol. The van der Waals surface area contributed by atoms with Gasteiger partial charge in [0.2, 0.25) is 0 Å². The first kappa shape index (κ1) is 23.0. The number of fused-ring (bicyclic) bond motifs is 2. The summed E-state index contributed by atoms with van der Waals surface area (Å²) in [5, 5.41) is 0.483. The van der Waals surface area contributed by atoms with E-state index in [1.165, 1.54) is 0 Å². The number of amides is 1. The highest BCUT2D eigenvalue weighted by Gasteiger charge is 2.37. The number of carbonyl (C=O) groups is 1. The van der Waals surface area contributed by atoms with Crippen molar-refractivity contribution in [3.05, 3.63) is 41.8 Å². The van der Waals surface area contributed by atoms with E-state index in [1.54, 1.807) is 37.6 Å². The molecule has 4 heterocycles. The Hall–Kier alpha value is -3.46. The number of ether oxygens (including phenoxy) is 1. The minimum absolute atomic E-state index is 0.0618. The number of hydrogen-bond donors (Lipinski definition) is 1. The standard InChI is InChI=1S/C27H31FN6O2/c1-14-12-33(15(2)22(14)29)27(35)17-10-19-23(20(11-17)36-4)32(3)26(31-19)24-21(28)18-6-5-9-30-25(18)34(24)13-16-7-8-16/h5-6,9-11,14-16,22H,7-8,12-13,29H2,1-4H3. The molecule has 6 rings (SSSR count). The van der Waals surface area contributed by atoms with E-state index in [0.717, 1.165) is 12.8 Å². The van der Waals surface area contributed by atoms with Gasteiger partial charge in [-0.05, 0) is 55.9 Å². The fraction of sp³-hybridized carbons (Fsp3) is 0.444. The Labute approximate surface area is 208 Å². The highest BCUT2D eigenvalue weighted by molar-refractivity contribution is 6.00. The average molecular weight is 491 g/mol. The van der Waals surface area contributed by atoms with Gasteiger partial charge < -0.3 is 24.5 Å². The highest BCUT2D eigenvalue weighted by atomic mass is 19.1. The maximum atomic E-state index is 15.8. The van der Waals surface area contributed by atoms with E-state index in [2.05, 4.69) is 11.9 Å². The number of aryl methyl sites for hydroxylation is 1. The number of carbonyl (C=O) groups excluding carboxylic acids is 1. The molecule has 1 aliphatic heterocycles. The average Bonchev–Trinajstić information content (AvgIpc) is 3.53. The van der Waals surface area contributed by atoms with Crippen molar-refractivity contribution in [2.75, 3.05) is 13.7 Å². The number of nitrogens with zero attached hydrogens (tertiary/aromatic N) is 5. The number of rotatable bonds is 5. The van der Waals surface area contributed by atoms with Crippen LogP contribution >= 0.6 is 0 Å². The van der Waals surface area contributed by atoms with Crippen molar-refractivity contribution in [3.63, 3.8) is 0 Å². The maximum Gasteiger partial charge on any atom is 0.254 e. The van der Waals surface area contributed by atoms with E-state index in [-0.39, 0.29) is 29.7 Å². The van der Waals surface area contributed by atoms with Crippen molar-refractivity contribution >= 4 is 28.0 Å². The summed E-state index contributed by atoms with van der Waals surface area (Å²) in [6.07, 6.45) is 3.95. The highest BCUT2D eigenvalue weighted by Crippen LogP contribution is 2.39. The Morgan fingerprint density at radius 1 is 1.28 bits per heavy atom. The Balaban J connectivity index is 1.51. The van der Waals surface area contributed by atoms with Gasteiger partial charge in [0.15, 0.2) is 11.6 Å². The van der Waals surface area contributed by atoms with Crippen LogP contribution in [0.1, 0.15) is 37.0 Å². The molecule has 2 aliphatic rings. The Bertz CT molecular complexity index is 1500. The molecular weight excluding hydrogens is 459 g/mol. The van der Waals surface area contributed by atoms with Gasteiger partial charge in [0.25, 0.3) is 5.91 Å². The number of benzene rings is 1. The van der Waals surface area contributed by atoms with Crippen molar-refractivity contribution in [1.29, 1.82) is 0 Å². The molecule has 36 heavy (non-hydrogen) atoms.